The van der Waals surface area contributed by atoms with Gasteiger partial charge in [0.25, 0.3) is 0 Å². The Hall–Kier alpha value is -1.67. The Balaban J connectivity index is 1.85. The lowest BCUT2D eigenvalue weighted by Gasteiger charge is -2.17. The van der Waals surface area contributed by atoms with Crippen molar-refractivity contribution < 1.29 is 9.53 Å². The predicted molar refractivity (Wildman–Crippen MR) is 109 cm³/mol. The predicted octanol–water partition coefficient (Wildman–Crippen LogP) is 4.24. The molecule has 0 radical (unpaired) electrons. The van der Waals surface area contributed by atoms with Crippen LogP contribution < -0.4 is 0 Å². The topological polar surface area (TPSA) is 69.4 Å². The van der Waals surface area contributed by atoms with E-state index in [2.05, 4.69) is 31.0 Å². The molecule has 3 aromatic heterocycles. The van der Waals surface area contributed by atoms with Gasteiger partial charge in [0.2, 0.25) is 0 Å². The van der Waals surface area contributed by atoms with Gasteiger partial charge in [0, 0.05) is 10.8 Å². The SMILES string of the molecule is CCOC(=O)CSc1nnc2c3c4c(sc3nc(C(C)C)n12)C[C@H](C)CC4. The standard InChI is InChI=1S/C19H24N4O2S2/c1-5-25-14(24)9-26-19-22-21-17-15-12-7-6-11(4)8-13(12)27-18(15)20-16(10(2)3)23(17)19/h10-11H,5-9H2,1-4H3/t11-/m1/s1. The van der Waals surface area contributed by atoms with E-state index in [9.17, 15) is 4.79 Å². The monoisotopic (exact) mass is 404 g/mol. The van der Waals surface area contributed by atoms with Crippen molar-refractivity contribution in [2.45, 2.75) is 58.0 Å². The first-order chi connectivity index (χ1) is 13.0. The zero-order valence-corrected chi connectivity index (χ0v) is 17.7. The van der Waals surface area contributed by atoms with Crippen LogP contribution in [0.1, 0.15) is 56.3 Å². The van der Waals surface area contributed by atoms with Crippen LogP contribution >= 0.6 is 23.1 Å². The van der Waals surface area contributed by atoms with E-state index < -0.39 is 0 Å². The molecule has 0 saturated heterocycles. The lowest BCUT2D eigenvalue weighted by Crippen LogP contribution is -2.10. The minimum Gasteiger partial charge on any atom is -0.465 e. The minimum absolute atomic E-state index is 0.226. The summed E-state index contributed by atoms with van der Waals surface area (Å²) < 4.78 is 7.08. The zero-order valence-electron chi connectivity index (χ0n) is 16.1. The summed E-state index contributed by atoms with van der Waals surface area (Å²) >= 11 is 3.17. The number of aryl methyl sites for hydroxylation is 1. The van der Waals surface area contributed by atoms with Crippen LogP contribution in [0.4, 0.5) is 0 Å². The van der Waals surface area contributed by atoms with Gasteiger partial charge in [0.15, 0.2) is 10.8 Å². The van der Waals surface area contributed by atoms with Crippen LogP contribution in [0.15, 0.2) is 5.16 Å². The molecule has 4 rings (SSSR count). The van der Waals surface area contributed by atoms with Crippen molar-refractivity contribution in [1.29, 1.82) is 0 Å². The maximum Gasteiger partial charge on any atom is 0.316 e. The normalized spacial score (nSPS) is 17.0. The number of hydrogen-bond donors (Lipinski definition) is 0. The second-order valence-corrected chi connectivity index (χ2v) is 9.42. The quantitative estimate of drug-likeness (QED) is 0.468. The van der Waals surface area contributed by atoms with Crippen molar-refractivity contribution in [3.8, 4) is 0 Å². The molecule has 0 bridgehead atoms. The van der Waals surface area contributed by atoms with E-state index in [1.165, 1.54) is 28.6 Å². The largest absolute Gasteiger partial charge is 0.465 e. The number of aromatic nitrogens is 4. The van der Waals surface area contributed by atoms with Gasteiger partial charge < -0.3 is 4.74 Å². The highest BCUT2D eigenvalue weighted by atomic mass is 32.2. The van der Waals surface area contributed by atoms with Crippen LogP contribution in [0.5, 0.6) is 0 Å². The summed E-state index contributed by atoms with van der Waals surface area (Å²) in [6.07, 6.45) is 3.40. The van der Waals surface area contributed by atoms with Crippen molar-refractivity contribution in [2.75, 3.05) is 12.4 Å². The average molecular weight is 405 g/mol. The minimum atomic E-state index is -0.235. The molecule has 0 saturated carbocycles. The highest BCUT2D eigenvalue weighted by Gasteiger charge is 2.26. The lowest BCUT2D eigenvalue weighted by molar-refractivity contribution is -0.139. The maximum absolute atomic E-state index is 11.8. The second-order valence-electron chi connectivity index (χ2n) is 7.39. The molecule has 0 aliphatic heterocycles. The summed E-state index contributed by atoms with van der Waals surface area (Å²) in [4.78, 5) is 19.3. The number of carbonyl (C=O) groups is 1. The van der Waals surface area contributed by atoms with Gasteiger partial charge in [-0.05, 0) is 37.7 Å². The molecule has 0 spiro atoms. The van der Waals surface area contributed by atoms with Gasteiger partial charge in [-0.2, -0.15) is 0 Å². The number of nitrogens with zero attached hydrogens (tertiary/aromatic N) is 4. The van der Waals surface area contributed by atoms with Crippen LogP contribution in [0, 0.1) is 5.92 Å². The van der Waals surface area contributed by atoms with Crippen molar-refractivity contribution in [2.24, 2.45) is 5.92 Å². The number of carbonyl (C=O) groups excluding carboxylic acids is 1. The molecule has 0 unspecified atom stereocenters. The average Bonchev–Trinajstić information content (AvgIpc) is 3.19. The second kappa shape index (κ2) is 7.39. The zero-order chi connectivity index (χ0) is 19.1. The third-order valence-corrected chi connectivity index (χ3v) is 6.99. The molecule has 0 N–H and O–H groups in total. The van der Waals surface area contributed by atoms with E-state index in [0.29, 0.717) is 11.8 Å². The van der Waals surface area contributed by atoms with E-state index in [4.69, 9.17) is 9.72 Å². The molecular weight excluding hydrogens is 380 g/mol. The van der Waals surface area contributed by atoms with Crippen LogP contribution in [0.2, 0.25) is 0 Å². The number of ether oxygens (including phenoxy) is 1. The molecule has 3 aromatic rings. The van der Waals surface area contributed by atoms with Crippen LogP contribution in [0.3, 0.4) is 0 Å². The van der Waals surface area contributed by atoms with E-state index in [-0.39, 0.29) is 17.6 Å². The molecule has 1 aliphatic rings. The van der Waals surface area contributed by atoms with Gasteiger partial charge in [-0.1, -0.05) is 32.5 Å². The van der Waals surface area contributed by atoms with E-state index in [0.717, 1.165) is 40.4 Å². The number of fused-ring (bicyclic) bond motifs is 5. The Morgan fingerprint density at radius 1 is 1.41 bits per heavy atom. The van der Waals surface area contributed by atoms with Gasteiger partial charge >= 0.3 is 5.97 Å². The van der Waals surface area contributed by atoms with Crippen molar-refractivity contribution in [3.63, 3.8) is 0 Å². The third-order valence-electron chi connectivity index (χ3n) is 4.94. The Morgan fingerprint density at radius 2 is 2.22 bits per heavy atom. The highest BCUT2D eigenvalue weighted by molar-refractivity contribution is 7.99. The molecule has 0 fully saturated rings. The van der Waals surface area contributed by atoms with Gasteiger partial charge in [-0.25, -0.2) is 4.98 Å². The van der Waals surface area contributed by atoms with E-state index in [1.807, 2.05) is 22.7 Å². The Labute approximate surface area is 166 Å². The number of rotatable bonds is 5. The summed E-state index contributed by atoms with van der Waals surface area (Å²) in [5, 5.41) is 10.8. The Morgan fingerprint density at radius 3 is 2.96 bits per heavy atom. The number of thiophene rings is 1. The lowest BCUT2D eigenvalue weighted by atomic mass is 9.89. The fourth-order valence-corrected chi connectivity index (χ4v) is 5.77. The van der Waals surface area contributed by atoms with Crippen molar-refractivity contribution >= 4 is 44.9 Å². The van der Waals surface area contributed by atoms with E-state index >= 15 is 0 Å². The molecule has 144 valence electrons. The first-order valence-electron chi connectivity index (χ1n) is 9.47. The molecule has 0 aromatic carbocycles. The number of hydrogen-bond acceptors (Lipinski definition) is 7. The van der Waals surface area contributed by atoms with E-state index in [1.54, 1.807) is 0 Å². The van der Waals surface area contributed by atoms with Gasteiger partial charge in [-0.3, -0.25) is 9.20 Å². The highest BCUT2D eigenvalue weighted by Crippen LogP contribution is 2.40. The van der Waals surface area contributed by atoms with Gasteiger partial charge in [0.1, 0.15) is 10.7 Å². The van der Waals surface area contributed by atoms with Crippen LogP contribution in [0.25, 0.3) is 15.9 Å². The molecule has 3 heterocycles. The first-order valence-corrected chi connectivity index (χ1v) is 11.3. The molecule has 0 amide bonds. The molecule has 8 heteroatoms. The summed E-state index contributed by atoms with van der Waals surface area (Å²) in [5.74, 6) is 1.89. The van der Waals surface area contributed by atoms with Gasteiger partial charge in [0.05, 0.1) is 17.7 Å². The Bertz CT molecular complexity index is 1010. The Kier molecular flexibility index (Phi) is 5.11. The molecule has 1 atom stereocenters. The number of esters is 1. The smallest absolute Gasteiger partial charge is 0.316 e. The summed E-state index contributed by atoms with van der Waals surface area (Å²) in [7, 11) is 0. The molecule has 6 nitrogen and oxygen atoms in total. The van der Waals surface area contributed by atoms with Crippen LogP contribution in [-0.2, 0) is 22.4 Å². The van der Waals surface area contributed by atoms with Crippen molar-refractivity contribution in [3.05, 3.63) is 16.3 Å². The summed E-state index contributed by atoms with van der Waals surface area (Å²) in [6.45, 7) is 8.77. The van der Waals surface area contributed by atoms with Gasteiger partial charge in [-0.15, -0.1) is 21.5 Å². The summed E-state index contributed by atoms with van der Waals surface area (Å²) in [6, 6.07) is 0. The molecule has 1 aliphatic carbocycles. The van der Waals surface area contributed by atoms with Crippen LogP contribution in [-0.4, -0.2) is 37.9 Å². The maximum atomic E-state index is 11.8. The first kappa shape index (κ1) is 18.7. The number of thioether (sulfide) groups is 1. The van der Waals surface area contributed by atoms with Crippen molar-refractivity contribution in [1.82, 2.24) is 19.6 Å². The fraction of sp³-hybridized carbons (Fsp3) is 0.579. The fourth-order valence-electron chi connectivity index (χ4n) is 3.65. The summed E-state index contributed by atoms with van der Waals surface area (Å²) in [5.41, 5.74) is 2.28. The molecule has 27 heavy (non-hydrogen) atoms. The third kappa shape index (κ3) is 3.33. The molecular formula is C19H24N4O2S2.